The number of aliphatic hydroxyl groups is 1. The van der Waals surface area contributed by atoms with E-state index in [2.05, 4.69) is 43.5 Å². The zero-order valence-corrected chi connectivity index (χ0v) is 44.9. The molecular weight excluding hydrogens is 828 g/mol. The Hall–Kier alpha value is -1.02. The number of nitrogens with one attached hydrogen (secondary N) is 1. The summed E-state index contributed by atoms with van der Waals surface area (Å²) < 4.78 is 23.7. The maximum atomic E-state index is 13.0. The number of aliphatic hydroxyl groups excluding tert-OH is 1. The number of unbranched alkanes of at least 4 members (excludes halogenated alkanes) is 35. The van der Waals surface area contributed by atoms with Crippen LogP contribution in [0.4, 0.5) is 0 Å². The Bertz CT molecular complexity index is 1110. The van der Waals surface area contributed by atoms with Gasteiger partial charge in [-0.1, -0.05) is 250 Å². The molecule has 8 nitrogen and oxygen atoms in total. The summed E-state index contributed by atoms with van der Waals surface area (Å²) in [4.78, 5) is 23.3. The highest BCUT2D eigenvalue weighted by Crippen LogP contribution is 2.43. The van der Waals surface area contributed by atoms with Crippen molar-refractivity contribution in [2.75, 3.05) is 40.9 Å². The van der Waals surface area contributed by atoms with Gasteiger partial charge in [0.2, 0.25) is 5.91 Å². The predicted octanol–water partition coefficient (Wildman–Crippen LogP) is 16.8. The van der Waals surface area contributed by atoms with Gasteiger partial charge in [-0.2, -0.15) is 0 Å². The van der Waals surface area contributed by atoms with E-state index in [1.54, 1.807) is 0 Å². The van der Waals surface area contributed by atoms with Gasteiger partial charge in [0.25, 0.3) is 0 Å². The first-order chi connectivity index (χ1) is 31.5. The fourth-order valence-electron chi connectivity index (χ4n) is 8.49. The standard InChI is InChI=1S/C56H111N2O6P/c1-6-8-10-12-14-16-18-20-21-22-23-24-25-26-27-28-29-30-31-32-33-34-35-36-37-38-40-42-44-46-48-50-56(60)57-54(53-64-65(61,62)63-52-51-58(3,4)5)55(59)49-47-45-43-41-39-19-17-15-13-11-9-7-2/h23-24,26-27,54-55,59H,6-22,25,28-53H2,1-5H3,(H-,57,60,61,62)/p+1/b24-23-,27-26-. The molecule has 0 aliphatic rings. The molecule has 0 spiro atoms. The van der Waals surface area contributed by atoms with Crippen LogP contribution in [0, 0.1) is 0 Å². The fourth-order valence-corrected chi connectivity index (χ4v) is 9.23. The van der Waals surface area contributed by atoms with E-state index in [0.717, 1.165) is 44.9 Å². The van der Waals surface area contributed by atoms with E-state index >= 15 is 0 Å². The van der Waals surface area contributed by atoms with Gasteiger partial charge in [0.1, 0.15) is 13.2 Å². The molecule has 0 saturated heterocycles. The second kappa shape index (κ2) is 48.0. The van der Waals surface area contributed by atoms with Gasteiger partial charge in [0, 0.05) is 6.42 Å². The number of carbonyl (C=O) groups excluding carboxylic acids is 1. The highest BCUT2D eigenvalue weighted by Gasteiger charge is 2.28. The largest absolute Gasteiger partial charge is 0.472 e. The molecule has 0 radical (unpaired) electrons. The Labute approximate surface area is 404 Å². The van der Waals surface area contributed by atoms with E-state index in [1.165, 1.54) is 205 Å². The van der Waals surface area contributed by atoms with Crippen molar-refractivity contribution in [2.45, 2.75) is 289 Å². The van der Waals surface area contributed by atoms with Crippen LogP contribution in [0.5, 0.6) is 0 Å². The van der Waals surface area contributed by atoms with E-state index in [4.69, 9.17) is 9.05 Å². The number of likely N-dealkylation sites (N-methyl/N-ethyl adjacent to an activating group) is 1. The van der Waals surface area contributed by atoms with E-state index in [-0.39, 0.29) is 19.1 Å². The molecule has 0 bridgehead atoms. The number of rotatable bonds is 52. The van der Waals surface area contributed by atoms with Gasteiger partial charge < -0.3 is 19.8 Å². The van der Waals surface area contributed by atoms with Gasteiger partial charge in [0.15, 0.2) is 0 Å². The highest BCUT2D eigenvalue weighted by atomic mass is 31.2. The second-order valence-corrected chi connectivity index (χ2v) is 22.1. The lowest BCUT2D eigenvalue weighted by Crippen LogP contribution is -2.46. The Balaban J connectivity index is 4.00. The minimum Gasteiger partial charge on any atom is -0.391 e. The van der Waals surface area contributed by atoms with Gasteiger partial charge in [-0.05, 0) is 44.9 Å². The van der Waals surface area contributed by atoms with Crippen molar-refractivity contribution < 1.29 is 32.9 Å². The molecule has 0 aliphatic carbocycles. The highest BCUT2D eigenvalue weighted by molar-refractivity contribution is 7.47. The number of quaternary nitrogens is 1. The molecule has 0 aromatic heterocycles. The molecule has 0 rings (SSSR count). The number of phosphoric ester groups is 1. The van der Waals surface area contributed by atoms with Gasteiger partial charge >= 0.3 is 7.82 Å². The van der Waals surface area contributed by atoms with Crippen molar-refractivity contribution in [3.8, 4) is 0 Å². The molecule has 386 valence electrons. The molecule has 0 heterocycles. The summed E-state index contributed by atoms with van der Waals surface area (Å²) in [5.74, 6) is -0.142. The molecule has 1 amide bonds. The van der Waals surface area contributed by atoms with Crippen molar-refractivity contribution in [3.05, 3.63) is 24.3 Å². The third-order valence-corrected chi connectivity index (χ3v) is 13.9. The van der Waals surface area contributed by atoms with Gasteiger partial charge in [0.05, 0.1) is 39.9 Å². The van der Waals surface area contributed by atoms with Crippen LogP contribution in [0.1, 0.15) is 277 Å². The van der Waals surface area contributed by atoms with Gasteiger partial charge in [-0.15, -0.1) is 0 Å². The lowest BCUT2D eigenvalue weighted by molar-refractivity contribution is -0.870. The van der Waals surface area contributed by atoms with Crippen LogP contribution < -0.4 is 5.32 Å². The number of allylic oxidation sites excluding steroid dienone is 4. The van der Waals surface area contributed by atoms with Crippen molar-refractivity contribution >= 4 is 13.7 Å². The molecule has 65 heavy (non-hydrogen) atoms. The summed E-state index contributed by atoms with van der Waals surface area (Å²) in [6, 6.07) is -0.757. The van der Waals surface area contributed by atoms with Crippen molar-refractivity contribution in [3.63, 3.8) is 0 Å². The molecule has 3 N–H and O–H groups in total. The Morgan fingerprint density at radius 1 is 0.523 bits per heavy atom. The normalized spacial score (nSPS) is 14.1. The van der Waals surface area contributed by atoms with Crippen LogP contribution in [-0.4, -0.2) is 73.4 Å². The topological polar surface area (TPSA) is 105 Å². The van der Waals surface area contributed by atoms with E-state index in [9.17, 15) is 19.4 Å². The van der Waals surface area contributed by atoms with Crippen molar-refractivity contribution in [1.29, 1.82) is 0 Å². The first-order valence-corrected chi connectivity index (χ1v) is 29.7. The summed E-state index contributed by atoms with van der Waals surface area (Å²) in [5, 5.41) is 14.0. The first-order valence-electron chi connectivity index (χ1n) is 28.2. The summed E-state index contributed by atoms with van der Waals surface area (Å²) in [6.45, 7) is 4.91. The minimum absolute atomic E-state index is 0.0762. The quantitative estimate of drug-likeness (QED) is 0.0243. The average molecular weight is 940 g/mol. The number of nitrogens with zero attached hydrogens (tertiary/aromatic N) is 1. The Kier molecular flexibility index (Phi) is 47.3. The van der Waals surface area contributed by atoms with Crippen molar-refractivity contribution in [1.82, 2.24) is 5.32 Å². The Morgan fingerprint density at radius 2 is 0.877 bits per heavy atom. The molecule has 0 fully saturated rings. The summed E-state index contributed by atoms with van der Waals surface area (Å²) in [7, 11) is 1.62. The van der Waals surface area contributed by atoms with E-state index in [0.29, 0.717) is 23.9 Å². The number of carbonyl (C=O) groups is 1. The Morgan fingerprint density at radius 3 is 1.26 bits per heavy atom. The van der Waals surface area contributed by atoms with Gasteiger partial charge in [-0.25, -0.2) is 4.57 Å². The zero-order valence-electron chi connectivity index (χ0n) is 44.0. The van der Waals surface area contributed by atoms with Crippen LogP contribution in [0.3, 0.4) is 0 Å². The predicted molar refractivity (Wildman–Crippen MR) is 281 cm³/mol. The minimum atomic E-state index is -4.31. The number of hydrogen-bond donors (Lipinski definition) is 3. The van der Waals surface area contributed by atoms with Crippen LogP contribution in [0.15, 0.2) is 24.3 Å². The van der Waals surface area contributed by atoms with E-state index in [1.807, 2.05) is 21.1 Å². The summed E-state index contributed by atoms with van der Waals surface area (Å²) in [5.41, 5.74) is 0. The molecule has 0 aromatic carbocycles. The fraction of sp³-hybridized carbons (Fsp3) is 0.911. The third kappa shape index (κ3) is 50.7. The smallest absolute Gasteiger partial charge is 0.391 e. The average Bonchev–Trinajstić information content (AvgIpc) is 3.26. The van der Waals surface area contributed by atoms with Gasteiger partial charge in [-0.3, -0.25) is 13.8 Å². The monoisotopic (exact) mass is 940 g/mol. The lowest BCUT2D eigenvalue weighted by atomic mass is 10.0. The molecule has 0 aliphatic heterocycles. The summed E-state index contributed by atoms with van der Waals surface area (Å²) in [6.07, 6.45) is 59.6. The molecule has 3 unspecified atom stereocenters. The first kappa shape index (κ1) is 64.0. The lowest BCUT2D eigenvalue weighted by Gasteiger charge is -2.26. The molecular formula is C56H112N2O6P+. The molecule has 0 saturated carbocycles. The zero-order chi connectivity index (χ0) is 47.8. The maximum absolute atomic E-state index is 13.0. The third-order valence-electron chi connectivity index (χ3n) is 13.0. The number of amides is 1. The van der Waals surface area contributed by atoms with E-state index < -0.39 is 20.0 Å². The maximum Gasteiger partial charge on any atom is 0.472 e. The van der Waals surface area contributed by atoms with Crippen LogP contribution in [0.25, 0.3) is 0 Å². The second-order valence-electron chi connectivity index (χ2n) is 20.7. The SMILES string of the molecule is CCCCCCCCCCC/C=C\C/C=C\CCCCCCCCCCCCCCCCCC(=O)NC(COP(=O)(O)OCC[N+](C)(C)C)C(O)CCCCCCCCCCCCCC. The molecule has 9 heteroatoms. The van der Waals surface area contributed by atoms with Crippen LogP contribution in [-0.2, 0) is 18.4 Å². The summed E-state index contributed by atoms with van der Waals surface area (Å²) >= 11 is 0. The van der Waals surface area contributed by atoms with Crippen LogP contribution in [0.2, 0.25) is 0 Å². The molecule has 3 atom stereocenters. The molecule has 0 aromatic rings. The number of phosphoric acid groups is 1. The van der Waals surface area contributed by atoms with Crippen molar-refractivity contribution in [2.24, 2.45) is 0 Å². The van der Waals surface area contributed by atoms with Crippen LogP contribution >= 0.6 is 7.82 Å². The number of hydrogen-bond acceptors (Lipinski definition) is 5.